The number of fused-ring (bicyclic) bond motifs is 1. The van der Waals surface area contributed by atoms with E-state index in [1.165, 1.54) is 22.8 Å². The first-order valence-corrected chi connectivity index (χ1v) is 8.62. The summed E-state index contributed by atoms with van der Waals surface area (Å²) in [6, 6.07) is 25.5. The van der Waals surface area contributed by atoms with Gasteiger partial charge in [-0.3, -0.25) is 4.98 Å². The first kappa shape index (κ1) is 16.3. The van der Waals surface area contributed by atoms with Gasteiger partial charge in [-0.2, -0.15) is 0 Å². The summed E-state index contributed by atoms with van der Waals surface area (Å²) in [6.07, 6.45) is 2.36. The molecule has 4 rings (SSSR count). The van der Waals surface area contributed by atoms with Crippen molar-refractivity contribution in [1.29, 1.82) is 0 Å². The highest BCUT2D eigenvalue weighted by Gasteiger charge is 2.07. The van der Waals surface area contributed by atoms with Crippen molar-refractivity contribution < 1.29 is 9.13 Å². The molecule has 0 N–H and O–H groups in total. The summed E-state index contributed by atoms with van der Waals surface area (Å²) in [5.74, 6) is 0.333. The molecule has 0 fully saturated rings. The fourth-order valence-electron chi connectivity index (χ4n) is 3.01. The van der Waals surface area contributed by atoms with Crippen molar-refractivity contribution in [1.82, 2.24) is 4.98 Å². The minimum atomic E-state index is -0.329. The molecular weight excluding hydrogens is 325 g/mol. The first-order chi connectivity index (χ1) is 12.8. The van der Waals surface area contributed by atoms with Gasteiger partial charge in [0.05, 0.1) is 6.61 Å². The Morgan fingerprint density at radius 2 is 1.54 bits per heavy atom. The summed E-state index contributed by atoms with van der Waals surface area (Å²) in [4.78, 5) is 4.09. The number of hydrogen-bond donors (Lipinski definition) is 0. The quantitative estimate of drug-likeness (QED) is 0.466. The van der Waals surface area contributed by atoms with E-state index in [1.807, 2.05) is 24.3 Å². The van der Waals surface area contributed by atoms with Crippen molar-refractivity contribution >= 4 is 10.9 Å². The molecule has 0 radical (unpaired) electrons. The molecule has 0 aliphatic heterocycles. The van der Waals surface area contributed by atoms with Crippen LogP contribution in [0.15, 0.2) is 85.1 Å². The average molecular weight is 343 g/mol. The van der Waals surface area contributed by atoms with Gasteiger partial charge in [-0.15, -0.1) is 0 Å². The molecular formula is C23H18FNO. The number of benzene rings is 3. The molecule has 3 heteroatoms. The topological polar surface area (TPSA) is 22.1 Å². The molecule has 3 aromatic carbocycles. The molecule has 128 valence electrons. The van der Waals surface area contributed by atoms with Crippen LogP contribution in [0.25, 0.3) is 22.0 Å². The van der Waals surface area contributed by atoms with Gasteiger partial charge in [0.1, 0.15) is 17.1 Å². The van der Waals surface area contributed by atoms with Crippen LogP contribution in [0, 0.1) is 5.82 Å². The van der Waals surface area contributed by atoms with Crippen LogP contribution in [-0.2, 0) is 6.42 Å². The number of aromatic nitrogens is 1. The van der Waals surface area contributed by atoms with E-state index in [0.717, 1.165) is 6.42 Å². The van der Waals surface area contributed by atoms with Crippen LogP contribution >= 0.6 is 0 Å². The molecule has 0 spiro atoms. The molecule has 1 heterocycles. The van der Waals surface area contributed by atoms with Gasteiger partial charge in [-0.1, -0.05) is 60.7 Å². The summed E-state index contributed by atoms with van der Waals surface area (Å²) in [6.45, 7) is 0.528. The zero-order valence-electron chi connectivity index (χ0n) is 14.2. The lowest BCUT2D eigenvalue weighted by Crippen LogP contribution is -2.02. The number of nitrogens with zero attached hydrogens (tertiary/aromatic N) is 1. The molecule has 0 unspecified atom stereocenters. The van der Waals surface area contributed by atoms with Crippen molar-refractivity contribution in [2.75, 3.05) is 6.61 Å². The first-order valence-electron chi connectivity index (χ1n) is 8.62. The molecule has 0 aliphatic rings. The summed E-state index contributed by atoms with van der Waals surface area (Å²) < 4.78 is 19.7. The van der Waals surface area contributed by atoms with Gasteiger partial charge >= 0.3 is 0 Å². The Morgan fingerprint density at radius 1 is 0.769 bits per heavy atom. The highest BCUT2D eigenvalue weighted by Crippen LogP contribution is 2.25. The number of pyridine rings is 1. The third-order valence-corrected chi connectivity index (χ3v) is 4.39. The molecule has 2 nitrogen and oxygen atoms in total. The predicted octanol–water partition coefficient (Wildman–Crippen LogP) is 5.66. The Hall–Kier alpha value is -3.20. The molecule has 26 heavy (non-hydrogen) atoms. The standard InChI is InChI=1S/C23H18FNO/c24-21-8-4-7-20-22(13-15-25-23(20)21)26-16-14-17-9-11-19(12-10-17)18-5-2-1-3-6-18/h1-13,15H,14,16H2. The van der Waals surface area contributed by atoms with E-state index in [4.69, 9.17) is 4.74 Å². The SMILES string of the molecule is Fc1cccc2c(OCCc3ccc(-c4ccccc4)cc3)ccnc12. The summed E-state index contributed by atoms with van der Waals surface area (Å²) in [7, 11) is 0. The number of ether oxygens (including phenoxy) is 1. The average Bonchev–Trinajstić information content (AvgIpc) is 2.70. The van der Waals surface area contributed by atoms with Crippen LogP contribution in [0.1, 0.15) is 5.56 Å². The second-order valence-electron chi connectivity index (χ2n) is 6.11. The van der Waals surface area contributed by atoms with Crippen molar-refractivity contribution in [3.05, 3.63) is 96.4 Å². The third-order valence-electron chi connectivity index (χ3n) is 4.39. The van der Waals surface area contributed by atoms with Gasteiger partial charge < -0.3 is 4.74 Å². The molecule has 0 saturated heterocycles. The van der Waals surface area contributed by atoms with Crippen LogP contribution in [-0.4, -0.2) is 11.6 Å². The summed E-state index contributed by atoms with van der Waals surface area (Å²) in [5, 5.41) is 0.701. The Labute approximate surface area is 151 Å². The van der Waals surface area contributed by atoms with Crippen LogP contribution in [0.5, 0.6) is 5.75 Å². The maximum Gasteiger partial charge on any atom is 0.149 e. The van der Waals surface area contributed by atoms with E-state index in [2.05, 4.69) is 41.4 Å². The molecule has 0 bridgehead atoms. The van der Waals surface area contributed by atoms with Crippen molar-refractivity contribution in [3.8, 4) is 16.9 Å². The van der Waals surface area contributed by atoms with E-state index in [9.17, 15) is 4.39 Å². The molecule has 0 atom stereocenters. The number of hydrogen-bond acceptors (Lipinski definition) is 2. The van der Waals surface area contributed by atoms with Crippen LogP contribution in [0.3, 0.4) is 0 Å². The predicted molar refractivity (Wildman–Crippen MR) is 103 cm³/mol. The number of rotatable bonds is 5. The minimum Gasteiger partial charge on any atom is -0.492 e. The maximum absolute atomic E-state index is 13.8. The Kier molecular flexibility index (Phi) is 4.61. The van der Waals surface area contributed by atoms with E-state index in [0.29, 0.717) is 23.3 Å². The highest BCUT2D eigenvalue weighted by atomic mass is 19.1. The summed E-state index contributed by atoms with van der Waals surface area (Å²) in [5.41, 5.74) is 3.96. The van der Waals surface area contributed by atoms with Gasteiger partial charge in [0.25, 0.3) is 0 Å². The Morgan fingerprint density at radius 3 is 2.35 bits per heavy atom. The minimum absolute atomic E-state index is 0.329. The summed E-state index contributed by atoms with van der Waals surface area (Å²) >= 11 is 0. The zero-order valence-corrected chi connectivity index (χ0v) is 14.2. The Bertz CT molecular complexity index is 1010. The molecule has 0 amide bonds. The third kappa shape index (κ3) is 3.42. The molecule has 1 aromatic heterocycles. The van der Waals surface area contributed by atoms with E-state index < -0.39 is 0 Å². The number of para-hydroxylation sites is 1. The fraction of sp³-hybridized carbons (Fsp3) is 0.0870. The fourth-order valence-corrected chi connectivity index (χ4v) is 3.01. The van der Waals surface area contributed by atoms with Crippen LogP contribution < -0.4 is 4.74 Å². The lowest BCUT2D eigenvalue weighted by Gasteiger charge is -2.10. The van der Waals surface area contributed by atoms with Crippen molar-refractivity contribution in [3.63, 3.8) is 0 Å². The van der Waals surface area contributed by atoms with Gasteiger partial charge in [0, 0.05) is 18.0 Å². The van der Waals surface area contributed by atoms with Gasteiger partial charge in [-0.05, 0) is 34.9 Å². The van der Waals surface area contributed by atoms with Gasteiger partial charge in [0.2, 0.25) is 0 Å². The van der Waals surface area contributed by atoms with E-state index >= 15 is 0 Å². The van der Waals surface area contributed by atoms with E-state index in [-0.39, 0.29) is 5.82 Å². The zero-order chi connectivity index (χ0) is 17.8. The lowest BCUT2D eigenvalue weighted by molar-refractivity contribution is 0.325. The van der Waals surface area contributed by atoms with Crippen molar-refractivity contribution in [2.45, 2.75) is 6.42 Å². The highest BCUT2D eigenvalue weighted by molar-refractivity contribution is 5.85. The Balaban J connectivity index is 1.43. The maximum atomic E-state index is 13.8. The number of halogens is 1. The molecule has 4 aromatic rings. The normalized spacial score (nSPS) is 10.8. The monoisotopic (exact) mass is 343 g/mol. The largest absolute Gasteiger partial charge is 0.492 e. The van der Waals surface area contributed by atoms with Crippen LogP contribution in [0.4, 0.5) is 4.39 Å². The van der Waals surface area contributed by atoms with Gasteiger partial charge in [0.15, 0.2) is 0 Å². The molecule has 0 aliphatic carbocycles. The molecule has 0 saturated carbocycles. The smallest absolute Gasteiger partial charge is 0.149 e. The van der Waals surface area contributed by atoms with Crippen LogP contribution in [0.2, 0.25) is 0 Å². The second kappa shape index (κ2) is 7.36. The van der Waals surface area contributed by atoms with E-state index in [1.54, 1.807) is 18.3 Å². The van der Waals surface area contributed by atoms with Gasteiger partial charge in [-0.25, -0.2) is 4.39 Å². The second-order valence-corrected chi connectivity index (χ2v) is 6.11. The lowest BCUT2D eigenvalue weighted by atomic mass is 10.0. The van der Waals surface area contributed by atoms with Crippen molar-refractivity contribution in [2.24, 2.45) is 0 Å².